The van der Waals surface area contributed by atoms with E-state index in [4.69, 9.17) is 4.74 Å². The molecule has 3 nitrogen and oxygen atoms in total. The third-order valence-corrected chi connectivity index (χ3v) is 5.05. The molecule has 1 aliphatic rings. The highest BCUT2D eigenvalue weighted by Crippen LogP contribution is 2.41. The van der Waals surface area contributed by atoms with Crippen LogP contribution < -0.4 is 4.74 Å². The topological polar surface area (TPSA) is 32.7 Å². The minimum Gasteiger partial charge on any atom is -0.508 e. The van der Waals surface area contributed by atoms with Crippen molar-refractivity contribution < 1.29 is 9.84 Å². The number of aromatic hydroxyl groups is 1. The monoisotopic (exact) mass is 407 g/mol. The molecule has 1 aliphatic carbocycles. The van der Waals surface area contributed by atoms with E-state index >= 15 is 0 Å². The van der Waals surface area contributed by atoms with Crippen LogP contribution in [0.5, 0.6) is 17.2 Å². The molecule has 0 aliphatic heterocycles. The molecule has 4 heteroatoms. The lowest BCUT2D eigenvalue weighted by atomic mass is 9.81. The van der Waals surface area contributed by atoms with Crippen molar-refractivity contribution in [3.63, 3.8) is 0 Å². The number of phenols is 1. The molecule has 0 fully saturated rings. The third-order valence-electron chi connectivity index (χ3n) is 5.05. The number of nitrogens with zero attached hydrogens (tertiary/aromatic N) is 1. The highest BCUT2D eigenvalue weighted by Gasteiger charge is 2.23. The number of rotatable bonds is 5. The van der Waals surface area contributed by atoms with E-state index in [1.54, 1.807) is 6.07 Å². The second kappa shape index (κ2) is 9.17. The van der Waals surface area contributed by atoms with Crippen molar-refractivity contribution in [1.82, 2.24) is 4.90 Å². The molecule has 0 bridgehead atoms. The molecular weight excluding hydrogens is 382 g/mol. The summed E-state index contributed by atoms with van der Waals surface area (Å²) in [6.07, 6.45) is 1.93. The summed E-state index contributed by atoms with van der Waals surface area (Å²) in [5.74, 6) is 2.04. The number of hydrogen-bond acceptors (Lipinski definition) is 3. The fourth-order valence-corrected chi connectivity index (χ4v) is 3.92. The number of benzene rings is 3. The van der Waals surface area contributed by atoms with Crippen LogP contribution in [-0.2, 0) is 6.42 Å². The summed E-state index contributed by atoms with van der Waals surface area (Å²) in [7, 11) is 4.19. The Kier molecular flexibility index (Phi) is 6.63. The normalized spacial score (nSPS) is 13.1. The number of phenolic OH excluding ortho intramolecular Hbond substituents is 1. The first-order valence-electron chi connectivity index (χ1n) is 9.63. The standard InChI is InChI=1S/C25H25NO2.ClH/c1-26(2)17-19-14-15-22-23(25(19)18-8-6-9-20(27)16-18)12-7-13-24(22)28-21-10-4-3-5-11-21;/h3-13,16,27H,14-15,17H2,1-2H3;1H. The number of fused-ring (bicyclic) bond motifs is 1. The summed E-state index contributed by atoms with van der Waals surface area (Å²) in [6.45, 7) is 0.897. The van der Waals surface area contributed by atoms with Crippen LogP contribution in [0.4, 0.5) is 0 Å². The van der Waals surface area contributed by atoms with Gasteiger partial charge in [-0.1, -0.05) is 42.5 Å². The lowest BCUT2D eigenvalue weighted by Gasteiger charge is -2.27. The van der Waals surface area contributed by atoms with E-state index in [1.807, 2.05) is 48.5 Å². The molecule has 0 heterocycles. The minimum atomic E-state index is 0. The van der Waals surface area contributed by atoms with Gasteiger partial charge < -0.3 is 14.7 Å². The second-order valence-electron chi connectivity index (χ2n) is 7.46. The average Bonchev–Trinajstić information content (AvgIpc) is 2.68. The predicted octanol–water partition coefficient (Wildman–Crippen LogP) is 5.92. The fraction of sp³-hybridized carbons (Fsp3) is 0.200. The van der Waals surface area contributed by atoms with Gasteiger partial charge in [-0.3, -0.25) is 0 Å². The molecule has 0 saturated carbocycles. The van der Waals surface area contributed by atoms with Crippen LogP contribution >= 0.6 is 12.4 Å². The van der Waals surface area contributed by atoms with Crippen LogP contribution in [0, 0.1) is 0 Å². The number of hydrogen-bond donors (Lipinski definition) is 1. The fourth-order valence-electron chi connectivity index (χ4n) is 3.92. The number of likely N-dealkylation sites (N-methyl/N-ethyl adjacent to an activating group) is 1. The van der Waals surface area contributed by atoms with E-state index < -0.39 is 0 Å². The first kappa shape index (κ1) is 21.0. The largest absolute Gasteiger partial charge is 0.508 e. The zero-order chi connectivity index (χ0) is 19.5. The second-order valence-corrected chi connectivity index (χ2v) is 7.46. The third kappa shape index (κ3) is 4.64. The van der Waals surface area contributed by atoms with E-state index in [1.165, 1.54) is 22.3 Å². The van der Waals surface area contributed by atoms with Crippen LogP contribution in [0.15, 0.2) is 78.4 Å². The molecule has 3 aromatic carbocycles. The Morgan fingerprint density at radius 2 is 1.66 bits per heavy atom. The molecule has 150 valence electrons. The molecular formula is C25H26ClNO2. The summed E-state index contributed by atoms with van der Waals surface area (Å²) in [6, 6.07) is 23.7. The Morgan fingerprint density at radius 3 is 2.38 bits per heavy atom. The molecule has 3 aromatic rings. The van der Waals surface area contributed by atoms with Crippen molar-refractivity contribution >= 4 is 18.0 Å². The van der Waals surface area contributed by atoms with Gasteiger partial charge >= 0.3 is 0 Å². The Bertz CT molecular complexity index is 1010. The zero-order valence-corrected chi connectivity index (χ0v) is 17.6. The van der Waals surface area contributed by atoms with Gasteiger partial charge in [0, 0.05) is 12.1 Å². The number of halogens is 1. The van der Waals surface area contributed by atoms with Gasteiger partial charge in [0.2, 0.25) is 0 Å². The maximum Gasteiger partial charge on any atom is 0.131 e. The van der Waals surface area contributed by atoms with Crippen LogP contribution in [0.3, 0.4) is 0 Å². The number of ether oxygens (including phenoxy) is 1. The molecule has 0 unspecified atom stereocenters. The van der Waals surface area contributed by atoms with Gasteiger partial charge in [-0.2, -0.15) is 0 Å². The summed E-state index contributed by atoms with van der Waals surface area (Å²) in [4.78, 5) is 2.20. The predicted molar refractivity (Wildman–Crippen MR) is 121 cm³/mol. The Labute approximate surface area is 178 Å². The highest BCUT2D eigenvalue weighted by molar-refractivity contribution is 5.86. The minimum absolute atomic E-state index is 0. The summed E-state index contributed by atoms with van der Waals surface area (Å²) >= 11 is 0. The number of para-hydroxylation sites is 1. The summed E-state index contributed by atoms with van der Waals surface area (Å²) < 4.78 is 6.22. The molecule has 0 amide bonds. The van der Waals surface area contributed by atoms with Gasteiger partial charge in [0.1, 0.15) is 17.2 Å². The van der Waals surface area contributed by atoms with Crippen LogP contribution in [0.2, 0.25) is 0 Å². The average molecular weight is 408 g/mol. The quantitative estimate of drug-likeness (QED) is 0.570. The van der Waals surface area contributed by atoms with E-state index in [0.29, 0.717) is 0 Å². The van der Waals surface area contributed by atoms with Crippen molar-refractivity contribution in [1.29, 1.82) is 0 Å². The van der Waals surface area contributed by atoms with E-state index in [9.17, 15) is 5.11 Å². The molecule has 0 aromatic heterocycles. The van der Waals surface area contributed by atoms with Crippen LogP contribution in [0.1, 0.15) is 23.1 Å². The van der Waals surface area contributed by atoms with Gasteiger partial charge in [0.15, 0.2) is 0 Å². The van der Waals surface area contributed by atoms with Gasteiger partial charge in [-0.25, -0.2) is 0 Å². The van der Waals surface area contributed by atoms with Crippen molar-refractivity contribution in [2.75, 3.05) is 20.6 Å². The summed E-state index contributed by atoms with van der Waals surface area (Å²) in [5.41, 5.74) is 6.08. The zero-order valence-electron chi connectivity index (χ0n) is 16.8. The van der Waals surface area contributed by atoms with E-state index in [2.05, 4.69) is 37.2 Å². The molecule has 1 N–H and O–H groups in total. The SMILES string of the molecule is CN(C)CC1=C(c2cccc(O)c2)c2cccc(Oc3ccccc3)c2CC1.Cl. The lowest BCUT2D eigenvalue weighted by molar-refractivity contribution is 0.437. The smallest absolute Gasteiger partial charge is 0.131 e. The van der Waals surface area contributed by atoms with Crippen molar-refractivity contribution in [2.24, 2.45) is 0 Å². The molecule has 4 rings (SSSR count). The van der Waals surface area contributed by atoms with Crippen molar-refractivity contribution in [3.8, 4) is 17.2 Å². The van der Waals surface area contributed by atoms with Crippen molar-refractivity contribution in [2.45, 2.75) is 12.8 Å². The maximum absolute atomic E-state index is 10.1. The van der Waals surface area contributed by atoms with Crippen LogP contribution in [-0.4, -0.2) is 30.6 Å². The maximum atomic E-state index is 10.1. The molecule has 0 radical (unpaired) electrons. The van der Waals surface area contributed by atoms with Gasteiger partial charge in [-0.15, -0.1) is 12.4 Å². The summed E-state index contributed by atoms with van der Waals surface area (Å²) in [5, 5.41) is 10.1. The molecule has 0 spiro atoms. The molecule has 29 heavy (non-hydrogen) atoms. The van der Waals surface area contributed by atoms with Gasteiger partial charge in [0.05, 0.1) is 0 Å². The van der Waals surface area contributed by atoms with Gasteiger partial charge in [0.25, 0.3) is 0 Å². The first-order chi connectivity index (χ1) is 13.6. The molecule has 0 saturated heterocycles. The Morgan fingerprint density at radius 1 is 0.897 bits per heavy atom. The lowest BCUT2D eigenvalue weighted by Crippen LogP contribution is -2.19. The van der Waals surface area contributed by atoms with Crippen molar-refractivity contribution in [3.05, 3.63) is 95.1 Å². The van der Waals surface area contributed by atoms with E-state index in [0.717, 1.165) is 36.4 Å². The Hall–Kier alpha value is -2.75. The van der Waals surface area contributed by atoms with Gasteiger partial charge in [-0.05, 0) is 79.5 Å². The Balaban J connectivity index is 0.00000240. The highest BCUT2D eigenvalue weighted by atomic mass is 35.5. The molecule has 0 atom stereocenters. The first-order valence-corrected chi connectivity index (χ1v) is 9.63. The van der Waals surface area contributed by atoms with E-state index in [-0.39, 0.29) is 18.2 Å². The van der Waals surface area contributed by atoms with Crippen LogP contribution in [0.25, 0.3) is 5.57 Å².